The van der Waals surface area contributed by atoms with Gasteiger partial charge in [0, 0.05) is 12.4 Å². The molecule has 1 amide bonds. The Morgan fingerprint density at radius 3 is 2.29 bits per heavy atom. The highest BCUT2D eigenvalue weighted by Crippen LogP contribution is 2.36. The molecule has 0 unspecified atom stereocenters. The second kappa shape index (κ2) is 5.17. The number of nitriles is 1. The van der Waals surface area contributed by atoms with Gasteiger partial charge in [-0.05, 0) is 33.8 Å². The van der Waals surface area contributed by atoms with Crippen molar-refractivity contribution in [1.29, 1.82) is 5.26 Å². The van der Waals surface area contributed by atoms with Crippen LogP contribution < -0.4 is 10.8 Å². The van der Waals surface area contributed by atoms with Gasteiger partial charge in [0.25, 0.3) is 0 Å². The van der Waals surface area contributed by atoms with Crippen LogP contribution >= 0.6 is 0 Å². The molecule has 110 valence electrons. The van der Waals surface area contributed by atoms with E-state index in [0.717, 1.165) is 0 Å². The van der Waals surface area contributed by atoms with Crippen molar-refractivity contribution in [1.82, 2.24) is 0 Å². The van der Waals surface area contributed by atoms with E-state index >= 15 is 0 Å². The molecular formula is C15H19BN2O3. The fourth-order valence-corrected chi connectivity index (χ4v) is 2.16. The number of hydrogen-bond acceptors (Lipinski definition) is 4. The lowest BCUT2D eigenvalue weighted by Crippen LogP contribution is -2.41. The van der Waals surface area contributed by atoms with Crippen molar-refractivity contribution in [2.45, 2.75) is 45.8 Å². The van der Waals surface area contributed by atoms with E-state index in [1.165, 1.54) is 6.92 Å². The van der Waals surface area contributed by atoms with E-state index < -0.39 is 18.3 Å². The molecule has 0 aromatic heterocycles. The van der Waals surface area contributed by atoms with Gasteiger partial charge in [0.2, 0.25) is 5.91 Å². The van der Waals surface area contributed by atoms with Gasteiger partial charge in [-0.3, -0.25) is 4.79 Å². The molecule has 6 heteroatoms. The van der Waals surface area contributed by atoms with Gasteiger partial charge in [0.05, 0.1) is 22.5 Å². The van der Waals surface area contributed by atoms with Crippen molar-refractivity contribution in [2.24, 2.45) is 0 Å². The monoisotopic (exact) mass is 286 g/mol. The Labute approximate surface area is 125 Å². The normalized spacial score (nSPS) is 19.1. The van der Waals surface area contributed by atoms with Crippen LogP contribution in [0.15, 0.2) is 18.2 Å². The van der Waals surface area contributed by atoms with Crippen LogP contribution in [-0.2, 0) is 14.1 Å². The fraction of sp³-hybridized carbons (Fsp3) is 0.467. The molecule has 2 rings (SSSR count). The lowest BCUT2D eigenvalue weighted by atomic mass is 9.75. The summed E-state index contributed by atoms with van der Waals surface area (Å²) in [5.74, 6) is -0.224. The van der Waals surface area contributed by atoms with Crippen molar-refractivity contribution in [3.63, 3.8) is 0 Å². The highest BCUT2D eigenvalue weighted by molar-refractivity contribution is 6.63. The Morgan fingerprint density at radius 2 is 1.81 bits per heavy atom. The minimum absolute atomic E-state index is 0.224. The highest BCUT2D eigenvalue weighted by atomic mass is 16.7. The summed E-state index contributed by atoms with van der Waals surface area (Å²) in [6.45, 7) is 9.23. The molecular weight excluding hydrogens is 267 g/mol. The summed E-state index contributed by atoms with van der Waals surface area (Å²) in [4.78, 5) is 11.2. The minimum Gasteiger partial charge on any atom is -0.399 e. The lowest BCUT2D eigenvalue weighted by Gasteiger charge is -2.32. The summed E-state index contributed by atoms with van der Waals surface area (Å²) in [5, 5.41) is 12.1. The quantitative estimate of drug-likeness (QED) is 0.842. The predicted octanol–water partition coefficient (Wildman–Crippen LogP) is 1.82. The number of carbonyl (C=O) groups is 1. The zero-order valence-corrected chi connectivity index (χ0v) is 13.0. The third-order valence-corrected chi connectivity index (χ3v) is 4.03. The average Bonchev–Trinajstić information content (AvgIpc) is 2.57. The first kappa shape index (κ1) is 15.6. The molecule has 1 N–H and O–H groups in total. The van der Waals surface area contributed by atoms with E-state index in [1.807, 2.05) is 27.7 Å². The van der Waals surface area contributed by atoms with E-state index in [2.05, 4.69) is 11.4 Å². The van der Waals surface area contributed by atoms with Gasteiger partial charge in [-0.15, -0.1) is 0 Å². The number of benzene rings is 1. The first-order valence-corrected chi connectivity index (χ1v) is 6.84. The molecule has 0 saturated carbocycles. The van der Waals surface area contributed by atoms with Crippen molar-refractivity contribution < 1.29 is 14.1 Å². The third-order valence-electron chi connectivity index (χ3n) is 4.03. The molecule has 21 heavy (non-hydrogen) atoms. The summed E-state index contributed by atoms with van der Waals surface area (Å²) in [7, 11) is -0.627. The number of rotatable bonds is 2. The van der Waals surface area contributed by atoms with Gasteiger partial charge in [0.1, 0.15) is 6.07 Å². The van der Waals surface area contributed by atoms with Crippen LogP contribution in [0, 0.1) is 11.3 Å². The van der Waals surface area contributed by atoms with Crippen molar-refractivity contribution >= 4 is 24.2 Å². The van der Waals surface area contributed by atoms with Gasteiger partial charge in [0.15, 0.2) is 0 Å². The number of hydrogen-bond donors (Lipinski definition) is 1. The Kier molecular flexibility index (Phi) is 3.83. The zero-order chi connectivity index (χ0) is 15.8. The molecule has 0 spiro atoms. The van der Waals surface area contributed by atoms with Crippen LogP contribution in [-0.4, -0.2) is 24.2 Å². The molecule has 1 aliphatic rings. The first-order valence-electron chi connectivity index (χ1n) is 6.84. The van der Waals surface area contributed by atoms with Crippen LogP contribution in [0.4, 0.5) is 5.69 Å². The van der Waals surface area contributed by atoms with Gasteiger partial charge in [-0.25, -0.2) is 0 Å². The van der Waals surface area contributed by atoms with Crippen molar-refractivity contribution in [3.8, 4) is 6.07 Å². The molecule has 0 aliphatic carbocycles. The van der Waals surface area contributed by atoms with Crippen molar-refractivity contribution in [2.75, 3.05) is 5.32 Å². The van der Waals surface area contributed by atoms with Crippen LogP contribution in [0.3, 0.4) is 0 Å². The van der Waals surface area contributed by atoms with Crippen LogP contribution in [0.25, 0.3) is 0 Å². The summed E-state index contributed by atoms with van der Waals surface area (Å²) in [6.07, 6.45) is 0. The first-order chi connectivity index (χ1) is 9.68. The molecule has 1 fully saturated rings. The van der Waals surface area contributed by atoms with E-state index in [9.17, 15) is 10.1 Å². The lowest BCUT2D eigenvalue weighted by molar-refractivity contribution is -0.114. The molecule has 1 saturated heterocycles. The Morgan fingerprint density at radius 1 is 1.24 bits per heavy atom. The summed E-state index contributed by atoms with van der Waals surface area (Å²) in [6, 6.07) is 7.37. The maximum atomic E-state index is 11.2. The largest absolute Gasteiger partial charge is 0.496 e. The maximum absolute atomic E-state index is 11.2. The fourth-order valence-electron chi connectivity index (χ4n) is 2.16. The number of amides is 1. The standard InChI is InChI=1S/C15H19BN2O3/c1-10(19)18-13-8-6-7-12(11(13)9-17)16-20-14(2,3)15(4,5)21-16/h6-8H,1-5H3,(H,18,19). The van der Waals surface area contributed by atoms with Gasteiger partial charge >= 0.3 is 7.12 Å². The van der Waals surface area contributed by atoms with Crippen molar-refractivity contribution in [3.05, 3.63) is 23.8 Å². The average molecular weight is 286 g/mol. The van der Waals surface area contributed by atoms with Crippen LogP contribution in [0.1, 0.15) is 40.2 Å². The SMILES string of the molecule is CC(=O)Nc1cccc(B2OC(C)(C)C(C)(C)O2)c1C#N. The minimum atomic E-state index is -0.627. The topological polar surface area (TPSA) is 71.3 Å². The molecule has 0 bridgehead atoms. The highest BCUT2D eigenvalue weighted by Gasteiger charge is 2.52. The summed E-state index contributed by atoms with van der Waals surface area (Å²) < 4.78 is 11.9. The Balaban J connectivity index is 2.43. The molecule has 1 aliphatic heterocycles. The van der Waals surface area contributed by atoms with E-state index in [4.69, 9.17) is 9.31 Å². The van der Waals surface area contributed by atoms with Gasteiger partial charge in [-0.1, -0.05) is 12.1 Å². The Hall–Kier alpha value is -1.84. The van der Waals surface area contributed by atoms with E-state index in [-0.39, 0.29) is 5.91 Å². The van der Waals surface area contributed by atoms with Crippen LogP contribution in [0.5, 0.6) is 0 Å². The molecule has 0 atom stereocenters. The zero-order valence-electron chi connectivity index (χ0n) is 13.0. The molecule has 1 aromatic carbocycles. The van der Waals surface area contributed by atoms with Gasteiger partial charge < -0.3 is 14.6 Å². The number of carbonyl (C=O) groups excluding carboxylic acids is 1. The Bertz CT molecular complexity index is 604. The summed E-state index contributed by atoms with van der Waals surface area (Å²) >= 11 is 0. The molecule has 5 nitrogen and oxygen atoms in total. The summed E-state index contributed by atoms with van der Waals surface area (Å²) in [5.41, 5.74) is 0.508. The molecule has 1 aromatic rings. The smallest absolute Gasteiger partial charge is 0.399 e. The number of nitrogens with one attached hydrogen (secondary N) is 1. The second-order valence-corrected chi connectivity index (χ2v) is 6.15. The van der Waals surface area contributed by atoms with E-state index in [1.54, 1.807) is 18.2 Å². The number of nitrogens with zero attached hydrogens (tertiary/aromatic N) is 1. The van der Waals surface area contributed by atoms with Gasteiger partial charge in [-0.2, -0.15) is 5.26 Å². The van der Waals surface area contributed by atoms with E-state index in [0.29, 0.717) is 16.7 Å². The molecule has 0 radical (unpaired) electrons. The van der Waals surface area contributed by atoms with Crippen LogP contribution in [0.2, 0.25) is 0 Å². The third kappa shape index (κ3) is 2.80. The molecule has 1 heterocycles. The predicted molar refractivity (Wildman–Crippen MR) is 81.2 cm³/mol. The number of anilines is 1. The maximum Gasteiger partial charge on any atom is 0.496 e. The second-order valence-electron chi connectivity index (χ2n) is 6.15.